The fraction of sp³-hybridized carbons (Fsp3) is 0.194. The van der Waals surface area contributed by atoms with Crippen LogP contribution in [0.4, 0.5) is 14.9 Å². The van der Waals surface area contributed by atoms with Crippen LogP contribution in [-0.4, -0.2) is 29.0 Å². The number of carbonyl (C=O) groups is 3. The van der Waals surface area contributed by atoms with Gasteiger partial charge in [-0.25, -0.2) is 14.1 Å². The quantitative estimate of drug-likeness (QED) is 0.225. The van der Waals surface area contributed by atoms with Gasteiger partial charge in [0, 0.05) is 22.7 Å². The molecular weight excluding hydrogens is 497 g/mol. The third-order valence-electron chi connectivity index (χ3n) is 6.97. The second-order valence-corrected chi connectivity index (χ2v) is 9.46. The van der Waals surface area contributed by atoms with Crippen LogP contribution in [0.2, 0.25) is 0 Å². The number of rotatable bonds is 8. The summed E-state index contributed by atoms with van der Waals surface area (Å²) in [7, 11) is 0. The van der Waals surface area contributed by atoms with E-state index in [1.807, 2.05) is 47.2 Å². The van der Waals surface area contributed by atoms with E-state index in [1.165, 1.54) is 23.8 Å². The van der Waals surface area contributed by atoms with Gasteiger partial charge in [-0.2, -0.15) is 0 Å². The lowest BCUT2D eigenvalue weighted by atomic mass is 9.99. The van der Waals surface area contributed by atoms with Crippen molar-refractivity contribution in [1.29, 1.82) is 0 Å². The van der Waals surface area contributed by atoms with Gasteiger partial charge in [-0.3, -0.25) is 14.9 Å². The summed E-state index contributed by atoms with van der Waals surface area (Å²) < 4.78 is 21.4. The highest BCUT2D eigenvalue weighted by atomic mass is 19.1. The Hall–Kier alpha value is -4.72. The molecule has 0 bridgehead atoms. The lowest BCUT2D eigenvalue weighted by molar-refractivity contribution is -0.122. The number of fused-ring (bicyclic) bond motifs is 1. The number of nitrogens with zero attached hydrogens (tertiary/aromatic N) is 2. The number of para-hydroxylation sites is 1. The lowest BCUT2D eigenvalue weighted by Gasteiger charge is -2.26. The molecule has 1 aliphatic heterocycles. The maximum atomic E-state index is 13.4. The second kappa shape index (κ2) is 10.9. The first-order chi connectivity index (χ1) is 18.9. The van der Waals surface area contributed by atoms with Crippen molar-refractivity contribution in [2.24, 2.45) is 0 Å². The van der Waals surface area contributed by atoms with Crippen molar-refractivity contribution < 1.29 is 23.5 Å². The molecule has 0 spiro atoms. The first-order valence-electron chi connectivity index (χ1n) is 12.8. The van der Waals surface area contributed by atoms with Gasteiger partial charge in [-0.15, -0.1) is 0 Å². The summed E-state index contributed by atoms with van der Waals surface area (Å²) in [6.45, 7) is 5.32. The van der Waals surface area contributed by atoms with Gasteiger partial charge in [0.1, 0.15) is 23.7 Å². The predicted octanol–water partition coefficient (Wildman–Crippen LogP) is 6.04. The highest BCUT2D eigenvalue weighted by molar-refractivity contribution is 6.39. The molecule has 1 saturated heterocycles. The molecule has 3 aromatic carbocycles. The number of aromatic nitrogens is 1. The molecule has 5 rings (SSSR count). The van der Waals surface area contributed by atoms with E-state index in [0.717, 1.165) is 40.1 Å². The number of benzene rings is 3. The van der Waals surface area contributed by atoms with Gasteiger partial charge in [0.15, 0.2) is 0 Å². The average molecular weight is 526 g/mol. The Kier molecular flexibility index (Phi) is 7.27. The van der Waals surface area contributed by atoms with Gasteiger partial charge < -0.3 is 9.30 Å². The van der Waals surface area contributed by atoms with Gasteiger partial charge >= 0.3 is 6.03 Å². The van der Waals surface area contributed by atoms with E-state index in [2.05, 4.69) is 31.3 Å². The SMILES string of the molecule is CC[C@@H](C)c1ccc(OCCn2cc(/C=C3/C(=O)NC(=O)N(c4ccc(F)cc4)C3=O)c3ccccc32)cc1. The molecule has 0 saturated carbocycles. The van der Waals surface area contributed by atoms with Crippen LogP contribution in [0.1, 0.15) is 37.3 Å². The Labute approximate surface area is 225 Å². The summed E-state index contributed by atoms with van der Waals surface area (Å²) >= 11 is 0. The largest absolute Gasteiger partial charge is 0.492 e. The van der Waals surface area contributed by atoms with Crippen molar-refractivity contribution in [3.63, 3.8) is 0 Å². The predicted molar refractivity (Wildman–Crippen MR) is 148 cm³/mol. The summed E-state index contributed by atoms with van der Waals surface area (Å²) in [6.07, 6.45) is 4.41. The van der Waals surface area contributed by atoms with E-state index >= 15 is 0 Å². The maximum Gasteiger partial charge on any atom is 0.335 e. The molecule has 198 valence electrons. The zero-order valence-electron chi connectivity index (χ0n) is 21.7. The molecule has 0 radical (unpaired) electrons. The Balaban J connectivity index is 1.39. The van der Waals surface area contributed by atoms with Crippen molar-refractivity contribution in [2.75, 3.05) is 11.5 Å². The van der Waals surface area contributed by atoms with E-state index in [-0.39, 0.29) is 11.3 Å². The fourth-order valence-electron chi connectivity index (χ4n) is 4.60. The first kappa shape index (κ1) is 25.9. The van der Waals surface area contributed by atoms with Crippen molar-refractivity contribution in [3.8, 4) is 5.75 Å². The van der Waals surface area contributed by atoms with Gasteiger partial charge in [-0.05, 0) is 66.4 Å². The Bertz CT molecular complexity index is 1570. The summed E-state index contributed by atoms with van der Waals surface area (Å²) in [5, 5.41) is 3.04. The van der Waals surface area contributed by atoms with Crippen LogP contribution >= 0.6 is 0 Å². The van der Waals surface area contributed by atoms with E-state index in [9.17, 15) is 18.8 Å². The number of amides is 4. The third kappa shape index (κ3) is 5.31. The number of carbonyl (C=O) groups excluding carboxylic acids is 3. The highest BCUT2D eigenvalue weighted by Crippen LogP contribution is 2.27. The number of hydrogen-bond donors (Lipinski definition) is 1. The van der Waals surface area contributed by atoms with Crippen molar-refractivity contribution in [3.05, 3.63) is 102 Å². The van der Waals surface area contributed by atoms with Gasteiger partial charge in [0.2, 0.25) is 0 Å². The van der Waals surface area contributed by atoms with E-state index in [1.54, 1.807) is 0 Å². The van der Waals surface area contributed by atoms with E-state index < -0.39 is 23.7 Å². The van der Waals surface area contributed by atoms with Gasteiger partial charge in [-0.1, -0.05) is 44.2 Å². The van der Waals surface area contributed by atoms with Crippen LogP contribution in [0.5, 0.6) is 5.75 Å². The number of halogens is 1. The van der Waals surface area contributed by atoms with Crippen LogP contribution in [0.15, 0.2) is 84.6 Å². The molecule has 39 heavy (non-hydrogen) atoms. The topological polar surface area (TPSA) is 80.6 Å². The summed E-state index contributed by atoms with van der Waals surface area (Å²) in [4.78, 5) is 39.2. The number of barbiturate groups is 1. The first-order valence-corrected chi connectivity index (χ1v) is 12.8. The van der Waals surface area contributed by atoms with Crippen LogP contribution in [0.3, 0.4) is 0 Å². The lowest BCUT2D eigenvalue weighted by Crippen LogP contribution is -2.54. The number of urea groups is 1. The standard InChI is InChI=1S/C31H28FN3O4/c1-3-20(2)21-8-14-25(15-9-21)39-17-16-34-19-22(26-6-4-5-7-28(26)34)18-27-29(36)33-31(38)35(30(27)37)24-12-10-23(32)11-13-24/h4-15,18-20H,3,16-17H2,1-2H3,(H,33,36,38)/b27-18-/t20-/m1/s1. The molecule has 1 N–H and O–H groups in total. The van der Waals surface area contributed by atoms with Crippen LogP contribution in [0.25, 0.3) is 17.0 Å². The molecule has 2 heterocycles. The van der Waals surface area contributed by atoms with Crippen molar-refractivity contribution in [1.82, 2.24) is 9.88 Å². The van der Waals surface area contributed by atoms with Crippen LogP contribution in [0, 0.1) is 5.82 Å². The number of nitrogens with one attached hydrogen (secondary N) is 1. The molecule has 1 fully saturated rings. The second-order valence-electron chi connectivity index (χ2n) is 9.46. The Morgan fingerprint density at radius 3 is 2.41 bits per heavy atom. The van der Waals surface area contributed by atoms with Crippen LogP contribution in [-0.2, 0) is 16.1 Å². The Morgan fingerprint density at radius 2 is 1.69 bits per heavy atom. The van der Waals surface area contributed by atoms with E-state index in [0.29, 0.717) is 24.6 Å². The number of imide groups is 2. The number of ether oxygens (including phenoxy) is 1. The van der Waals surface area contributed by atoms with Crippen molar-refractivity contribution >= 4 is 40.5 Å². The monoisotopic (exact) mass is 525 g/mol. The summed E-state index contributed by atoms with van der Waals surface area (Å²) in [6, 6.07) is 19.8. The normalized spacial score (nSPS) is 15.6. The average Bonchev–Trinajstić information content (AvgIpc) is 3.29. The molecule has 0 aliphatic carbocycles. The van der Waals surface area contributed by atoms with E-state index in [4.69, 9.17) is 4.74 Å². The van der Waals surface area contributed by atoms with Gasteiger partial charge in [0.25, 0.3) is 11.8 Å². The molecule has 7 nitrogen and oxygen atoms in total. The number of anilines is 1. The van der Waals surface area contributed by atoms with Crippen molar-refractivity contribution in [2.45, 2.75) is 32.7 Å². The molecule has 8 heteroatoms. The molecule has 0 unspecified atom stereocenters. The Morgan fingerprint density at radius 1 is 0.974 bits per heavy atom. The minimum atomic E-state index is -0.884. The fourth-order valence-corrected chi connectivity index (χ4v) is 4.60. The minimum absolute atomic E-state index is 0.161. The molecule has 1 aromatic heterocycles. The van der Waals surface area contributed by atoms with Gasteiger partial charge in [0.05, 0.1) is 12.2 Å². The maximum absolute atomic E-state index is 13.4. The van der Waals surface area contributed by atoms with Crippen LogP contribution < -0.4 is 15.0 Å². The molecule has 1 aliphatic rings. The highest BCUT2D eigenvalue weighted by Gasteiger charge is 2.37. The number of hydrogen-bond acceptors (Lipinski definition) is 4. The zero-order valence-corrected chi connectivity index (χ0v) is 21.7. The zero-order chi connectivity index (χ0) is 27.5. The molecular formula is C31H28FN3O4. The molecule has 4 amide bonds. The summed E-state index contributed by atoms with van der Waals surface area (Å²) in [5.74, 6) is -0.788. The third-order valence-corrected chi connectivity index (χ3v) is 6.97. The molecule has 1 atom stereocenters. The minimum Gasteiger partial charge on any atom is -0.492 e. The smallest absolute Gasteiger partial charge is 0.335 e. The summed E-state index contributed by atoms with van der Waals surface area (Å²) in [5.41, 5.74) is 2.80. The molecule has 4 aromatic rings.